The summed E-state index contributed by atoms with van der Waals surface area (Å²) in [4.78, 5) is 1.34. The molecule has 0 rings (SSSR count). The van der Waals surface area contributed by atoms with Crippen molar-refractivity contribution < 1.29 is 4.74 Å². The van der Waals surface area contributed by atoms with Crippen LogP contribution in [0.15, 0.2) is 9.14 Å². The van der Waals surface area contributed by atoms with Gasteiger partial charge in [0.15, 0.2) is 0 Å². The van der Waals surface area contributed by atoms with Crippen molar-refractivity contribution in [2.75, 3.05) is 32.0 Å². The Labute approximate surface area is 88.1 Å². The molecule has 0 radical (unpaired) electrons. The maximum atomic E-state index is 5.37. The fraction of sp³-hybridized carbons (Fsp3) is 0.750. The van der Waals surface area contributed by atoms with Gasteiger partial charge in [-0.1, -0.05) is 0 Å². The highest BCUT2D eigenvalue weighted by Gasteiger charge is 2.03. The van der Waals surface area contributed by atoms with Gasteiger partial charge >= 0.3 is 0 Å². The van der Waals surface area contributed by atoms with E-state index in [2.05, 4.69) is 18.8 Å². The van der Waals surface area contributed by atoms with Gasteiger partial charge in [-0.05, 0) is 25.7 Å². The summed E-state index contributed by atoms with van der Waals surface area (Å²) in [7, 11) is 0. The van der Waals surface area contributed by atoms with Gasteiger partial charge in [-0.25, -0.2) is 0 Å². The van der Waals surface area contributed by atoms with E-state index in [-0.39, 0.29) is 0 Å². The van der Waals surface area contributed by atoms with Gasteiger partial charge in [-0.15, -0.1) is 35.3 Å². The first-order chi connectivity index (χ1) is 5.79. The van der Waals surface area contributed by atoms with Crippen LogP contribution in [0.1, 0.15) is 6.92 Å². The third-order valence-corrected chi connectivity index (χ3v) is 4.59. The zero-order chi connectivity index (χ0) is 9.40. The zero-order valence-corrected chi connectivity index (χ0v) is 10.5. The molecule has 0 aromatic heterocycles. The van der Waals surface area contributed by atoms with Crippen LogP contribution in [0.2, 0.25) is 0 Å². The van der Waals surface area contributed by atoms with Gasteiger partial charge in [0.2, 0.25) is 0 Å². The lowest BCUT2D eigenvalue weighted by molar-refractivity contribution is 0.175. The summed E-state index contributed by atoms with van der Waals surface area (Å²) in [5, 5.41) is 0. The highest BCUT2D eigenvalue weighted by molar-refractivity contribution is 8.22. The topological polar surface area (TPSA) is 9.23 Å². The quantitative estimate of drug-likeness (QED) is 0.684. The minimum absolute atomic E-state index is 0.759. The summed E-state index contributed by atoms with van der Waals surface area (Å²) in [6.07, 6.45) is 6.31. The van der Waals surface area contributed by atoms with Crippen LogP contribution in [-0.2, 0) is 4.74 Å². The largest absolute Gasteiger partial charge is 0.376 e. The van der Waals surface area contributed by atoms with E-state index in [0.29, 0.717) is 0 Å². The molecule has 4 heteroatoms. The molecule has 72 valence electrons. The van der Waals surface area contributed by atoms with Crippen molar-refractivity contribution in [3.63, 3.8) is 0 Å². The molecule has 0 bridgehead atoms. The van der Waals surface area contributed by atoms with Gasteiger partial charge in [0.1, 0.15) is 0 Å². The molecule has 0 unspecified atom stereocenters. The maximum absolute atomic E-state index is 5.37. The molecule has 0 saturated heterocycles. The second kappa shape index (κ2) is 8.35. The Morgan fingerprint density at radius 2 is 1.67 bits per heavy atom. The van der Waals surface area contributed by atoms with Crippen LogP contribution in [-0.4, -0.2) is 32.0 Å². The fourth-order valence-corrected chi connectivity index (χ4v) is 3.31. The van der Waals surface area contributed by atoms with Crippen molar-refractivity contribution in [3.05, 3.63) is 9.14 Å². The van der Waals surface area contributed by atoms with E-state index in [4.69, 9.17) is 4.74 Å². The van der Waals surface area contributed by atoms with Crippen LogP contribution in [0.25, 0.3) is 0 Å². The lowest BCUT2D eigenvalue weighted by atomic mass is 10.7. The Morgan fingerprint density at radius 3 is 2.00 bits per heavy atom. The second-order valence-corrected chi connectivity index (χ2v) is 4.75. The molecule has 0 aliphatic rings. The highest BCUT2D eigenvalue weighted by atomic mass is 32.2. The van der Waals surface area contributed by atoms with Crippen LogP contribution >= 0.6 is 35.3 Å². The molecular formula is C8H16OS3. The van der Waals surface area contributed by atoms with Gasteiger partial charge < -0.3 is 4.74 Å². The van der Waals surface area contributed by atoms with Crippen molar-refractivity contribution in [2.24, 2.45) is 0 Å². The Bertz CT molecular complexity index is 139. The minimum atomic E-state index is 0.759. The average Bonchev–Trinajstić information content (AvgIpc) is 2.12. The van der Waals surface area contributed by atoms with Crippen LogP contribution in [0.5, 0.6) is 0 Å². The fourth-order valence-electron chi connectivity index (χ4n) is 0.707. The monoisotopic (exact) mass is 224 g/mol. The Balaban J connectivity index is 4.14. The number of hydrogen-bond donors (Lipinski definition) is 0. The number of ether oxygens (including phenoxy) is 1. The van der Waals surface area contributed by atoms with Crippen molar-refractivity contribution in [1.82, 2.24) is 0 Å². The van der Waals surface area contributed by atoms with Crippen molar-refractivity contribution >= 4 is 35.3 Å². The van der Waals surface area contributed by atoms with Crippen molar-refractivity contribution in [2.45, 2.75) is 6.92 Å². The molecule has 0 atom stereocenters. The van der Waals surface area contributed by atoms with Gasteiger partial charge in [-0.2, -0.15) is 0 Å². The molecule has 0 amide bonds. The molecule has 0 aliphatic heterocycles. The molecular weight excluding hydrogens is 208 g/mol. The van der Waals surface area contributed by atoms with Gasteiger partial charge in [0, 0.05) is 11.5 Å². The van der Waals surface area contributed by atoms with Crippen LogP contribution in [0.3, 0.4) is 0 Å². The average molecular weight is 224 g/mol. The Hall–Kier alpha value is 0.750. The smallest absolute Gasteiger partial charge is 0.0791 e. The van der Waals surface area contributed by atoms with Gasteiger partial charge in [0.05, 0.1) is 10.8 Å². The molecule has 0 fully saturated rings. The van der Waals surface area contributed by atoms with E-state index < -0.39 is 0 Å². The van der Waals surface area contributed by atoms with Crippen LogP contribution < -0.4 is 0 Å². The lowest BCUT2D eigenvalue weighted by Gasteiger charge is -2.08. The van der Waals surface area contributed by atoms with Crippen LogP contribution in [0.4, 0.5) is 0 Å². The maximum Gasteiger partial charge on any atom is 0.0791 e. The molecule has 0 aromatic rings. The summed E-state index contributed by atoms with van der Waals surface area (Å²) in [6.45, 7) is 3.57. The molecule has 0 saturated carbocycles. The first-order valence-corrected chi connectivity index (χ1v) is 7.40. The van der Waals surface area contributed by atoms with E-state index in [9.17, 15) is 0 Å². The SMILES string of the molecule is CCOCC(SC)=C(SC)SC. The Morgan fingerprint density at radius 1 is 1.08 bits per heavy atom. The van der Waals surface area contributed by atoms with E-state index in [1.165, 1.54) is 9.14 Å². The van der Waals surface area contributed by atoms with Crippen molar-refractivity contribution in [3.8, 4) is 0 Å². The summed E-state index contributed by atoms with van der Waals surface area (Å²) >= 11 is 5.37. The molecule has 1 nitrogen and oxygen atoms in total. The standard InChI is InChI=1S/C8H16OS3/c1-5-9-6-7(10-2)8(11-3)12-4/h5-6H2,1-4H3. The van der Waals surface area contributed by atoms with Gasteiger partial charge in [-0.3, -0.25) is 0 Å². The summed E-state index contributed by atoms with van der Waals surface area (Å²) in [5.41, 5.74) is 0. The number of rotatable bonds is 6. The van der Waals surface area contributed by atoms with E-state index >= 15 is 0 Å². The van der Waals surface area contributed by atoms with E-state index in [1.54, 1.807) is 35.3 Å². The molecule has 0 aromatic carbocycles. The van der Waals surface area contributed by atoms with E-state index in [1.807, 2.05) is 6.92 Å². The first-order valence-electron chi connectivity index (χ1n) is 3.73. The first kappa shape index (κ1) is 12.8. The summed E-state index contributed by atoms with van der Waals surface area (Å²) in [6, 6.07) is 0. The van der Waals surface area contributed by atoms with Crippen molar-refractivity contribution in [1.29, 1.82) is 0 Å². The zero-order valence-electron chi connectivity index (χ0n) is 8.05. The Kier molecular flexibility index (Phi) is 8.87. The lowest BCUT2D eigenvalue weighted by Crippen LogP contribution is -1.96. The number of hydrogen-bond acceptors (Lipinski definition) is 4. The highest BCUT2D eigenvalue weighted by Crippen LogP contribution is 2.32. The minimum Gasteiger partial charge on any atom is -0.376 e. The molecule has 12 heavy (non-hydrogen) atoms. The summed E-state index contributed by atoms with van der Waals surface area (Å²) in [5.74, 6) is 0. The number of thioether (sulfide) groups is 3. The molecule has 0 N–H and O–H groups in total. The predicted octanol–water partition coefficient (Wildman–Crippen LogP) is 3.28. The third-order valence-electron chi connectivity index (χ3n) is 1.28. The summed E-state index contributed by atoms with van der Waals surface area (Å²) < 4.78 is 6.74. The molecule has 0 heterocycles. The molecule has 0 spiro atoms. The normalized spacial score (nSPS) is 10.0. The van der Waals surface area contributed by atoms with Crippen LogP contribution in [0, 0.1) is 0 Å². The second-order valence-electron chi connectivity index (χ2n) is 1.96. The molecule has 0 aliphatic carbocycles. The van der Waals surface area contributed by atoms with E-state index in [0.717, 1.165) is 13.2 Å². The third kappa shape index (κ3) is 4.70. The predicted molar refractivity (Wildman–Crippen MR) is 64.1 cm³/mol. The van der Waals surface area contributed by atoms with Gasteiger partial charge in [0.25, 0.3) is 0 Å².